The molecule has 2 rings (SSSR count). The molecule has 1 atom stereocenters. The third kappa shape index (κ3) is 4.43. The summed E-state index contributed by atoms with van der Waals surface area (Å²) in [4.78, 5) is 0. The van der Waals surface area contributed by atoms with Crippen LogP contribution in [0.5, 0.6) is 0 Å². The van der Waals surface area contributed by atoms with Crippen LogP contribution in [0.4, 0.5) is 0 Å². The van der Waals surface area contributed by atoms with Crippen LogP contribution in [0.25, 0.3) is 0 Å². The Hall–Kier alpha value is -0.860. The molecule has 18 heavy (non-hydrogen) atoms. The predicted octanol–water partition coefficient (Wildman–Crippen LogP) is 3.94. The molecule has 1 aromatic rings. The zero-order chi connectivity index (χ0) is 12.7. The highest BCUT2D eigenvalue weighted by atomic mass is 16.6. The van der Waals surface area contributed by atoms with Crippen molar-refractivity contribution in [3.8, 4) is 0 Å². The highest BCUT2D eigenvalue weighted by Crippen LogP contribution is 2.37. The molecule has 0 amide bonds. The quantitative estimate of drug-likeness (QED) is 0.487. The Morgan fingerprint density at radius 1 is 1.17 bits per heavy atom. The van der Waals surface area contributed by atoms with Gasteiger partial charge >= 0.3 is 0 Å². The summed E-state index contributed by atoms with van der Waals surface area (Å²) < 4.78 is 11.3. The predicted molar refractivity (Wildman–Crippen MR) is 73.5 cm³/mol. The molecule has 1 aromatic carbocycles. The summed E-state index contributed by atoms with van der Waals surface area (Å²) in [5.74, 6) is 0. The molecule has 0 bridgehead atoms. The van der Waals surface area contributed by atoms with E-state index in [4.69, 9.17) is 9.47 Å². The van der Waals surface area contributed by atoms with Crippen molar-refractivity contribution >= 4 is 0 Å². The van der Waals surface area contributed by atoms with Gasteiger partial charge in [0, 0.05) is 6.61 Å². The Balaban J connectivity index is 1.54. The second kappa shape index (κ2) is 6.91. The fraction of sp³-hybridized carbons (Fsp3) is 0.625. The maximum absolute atomic E-state index is 5.69. The molecule has 1 saturated heterocycles. The molecule has 1 heterocycles. The Morgan fingerprint density at radius 3 is 2.56 bits per heavy atom. The average molecular weight is 248 g/mol. The molecule has 1 fully saturated rings. The largest absolute Gasteiger partial charge is 0.377 e. The SMILES string of the molecule is CCCC[C@@]1(CCCOCc2ccccc2)CO1. The molecule has 0 saturated carbocycles. The molecular formula is C16H24O2. The first kappa shape index (κ1) is 13.6. The summed E-state index contributed by atoms with van der Waals surface area (Å²) >= 11 is 0. The fourth-order valence-electron chi connectivity index (χ4n) is 2.28. The van der Waals surface area contributed by atoms with Crippen LogP contribution in [0, 0.1) is 0 Å². The minimum Gasteiger partial charge on any atom is -0.377 e. The second-order valence-electron chi connectivity index (χ2n) is 5.22. The summed E-state index contributed by atoms with van der Waals surface area (Å²) in [5, 5.41) is 0. The van der Waals surface area contributed by atoms with Gasteiger partial charge in [-0.25, -0.2) is 0 Å². The van der Waals surface area contributed by atoms with Gasteiger partial charge in [-0.3, -0.25) is 0 Å². The summed E-state index contributed by atoms with van der Waals surface area (Å²) in [6.45, 7) is 4.76. The van der Waals surface area contributed by atoms with E-state index < -0.39 is 0 Å². The smallest absolute Gasteiger partial charge is 0.0917 e. The van der Waals surface area contributed by atoms with Gasteiger partial charge in [0.05, 0.1) is 18.8 Å². The number of hydrogen-bond donors (Lipinski definition) is 0. The van der Waals surface area contributed by atoms with E-state index in [0.29, 0.717) is 0 Å². The van der Waals surface area contributed by atoms with E-state index in [9.17, 15) is 0 Å². The van der Waals surface area contributed by atoms with Gasteiger partial charge in [0.15, 0.2) is 0 Å². The van der Waals surface area contributed by atoms with Crippen LogP contribution < -0.4 is 0 Å². The van der Waals surface area contributed by atoms with Crippen molar-refractivity contribution in [2.75, 3.05) is 13.2 Å². The van der Waals surface area contributed by atoms with Gasteiger partial charge in [0.1, 0.15) is 0 Å². The zero-order valence-electron chi connectivity index (χ0n) is 11.4. The maximum Gasteiger partial charge on any atom is 0.0917 e. The minimum atomic E-state index is 0.228. The van der Waals surface area contributed by atoms with Crippen LogP contribution in [0.1, 0.15) is 44.6 Å². The van der Waals surface area contributed by atoms with E-state index in [-0.39, 0.29) is 5.60 Å². The summed E-state index contributed by atoms with van der Waals surface area (Å²) in [5.41, 5.74) is 1.48. The van der Waals surface area contributed by atoms with Crippen LogP contribution in [-0.2, 0) is 16.1 Å². The lowest BCUT2D eigenvalue weighted by molar-refractivity contribution is 0.110. The molecule has 1 aliphatic heterocycles. The van der Waals surface area contributed by atoms with Gasteiger partial charge < -0.3 is 9.47 Å². The number of benzene rings is 1. The Morgan fingerprint density at radius 2 is 1.89 bits per heavy atom. The molecule has 100 valence electrons. The van der Waals surface area contributed by atoms with Gasteiger partial charge in [-0.15, -0.1) is 0 Å². The van der Waals surface area contributed by atoms with E-state index in [2.05, 4.69) is 31.2 Å². The highest BCUT2D eigenvalue weighted by molar-refractivity contribution is 5.13. The summed E-state index contributed by atoms with van der Waals surface area (Å²) in [6.07, 6.45) is 6.03. The van der Waals surface area contributed by atoms with Crippen molar-refractivity contribution in [3.63, 3.8) is 0 Å². The first-order chi connectivity index (χ1) is 8.85. The summed E-state index contributed by atoms with van der Waals surface area (Å²) in [7, 11) is 0. The van der Waals surface area contributed by atoms with Crippen LogP contribution >= 0.6 is 0 Å². The Bertz CT molecular complexity index is 330. The topological polar surface area (TPSA) is 21.8 Å². The zero-order valence-corrected chi connectivity index (χ0v) is 11.4. The minimum absolute atomic E-state index is 0.228. The molecular weight excluding hydrogens is 224 g/mol. The van der Waals surface area contributed by atoms with E-state index in [0.717, 1.165) is 32.7 Å². The van der Waals surface area contributed by atoms with Crippen molar-refractivity contribution in [1.82, 2.24) is 0 Å². The Kier molecular flexibility index (Phi) is 5.21. The van der Waals surface area contributed by atoms with Crippen molar-refractivity contribution in [1.29, 1.82) is 0 Å². The number of unbranched alkanes of at least 4 members (excludes halogenated alkanes) is 1. The molecule has 2 nitrogen and oxygen atoms in total. The van der Waals surface area contributed by atoms with Crippen molar-refractivity contribution in [2.45, 2.75) is 51.2 Å². The maximum atomic E-state index is 5.69. The number of ether oxygens (including phenoxy) is 2. The molecule has 0 aliphatic carbocycles. The summed E-state index contributed by atoms with van der Waals surface area (Å²) in [6, 6.07) is 10.3. The lowest BCUT2D eigenvalue weighted by atomic mass is 9.98. The molecule has 0 aromatic heterocycles. The Labute approximate surface area is 110 Å². The normalized spacial score (nSPS) is 22.1. The standard InChI is InChI=1S/C16H24O2/c1-2-3-10-16(14-18-16)11-7-12-17-13-15-8-5-4-6-9-15/h4-6,8-9H,2-3,7,10-14H2,1H3/t16-/m1/s1. The van der Waals surface area contributed by atoms with Crippen LogP contribution in [0.15, 0.2) is 30.3 Å². The van der Waals surface area contributed by atoms with Crippen LogP contribution in [0.3, 0.4) is 0 Å². The molecule has 2 heteroatoms. The number of rotatable bonds is 9. The van der Waals surface area contributed by atoms with E-state index >= 15 is 0 Å². The van der Waals surface area contributed by atoms with Gasteiger partial charge in [0.2, 0.25) is 0 Å². The van der Waals surface area contributed by atoms with Gasteiger partial charge in [-0.2, -0.15) is 0 Å². The van der Waals surface area contributed by atoms with Gasteiger partial charge in [-0.1, -0.05) is 50.1 Å². The van der Waals surface area contributed by atoms with Crippen molar-refractivity contribution in [3.05, 3.63) is 35.9 Å². The van der Waals surface area contributed by atoms with Gasteiger partial charge in [0.25, 0.3) is 0 Å². The highest BCUT2D eigenvalue weighted by Gasteiger charge is 2.42. The third-order valence-electron chi connectivity index (χ3n) is 3.57. The second-order valence-corrected chi connectivity index (χ2v) is 5.22. The van der Waals surface area contributed by atoms with E-state index in [1.807, 2.05) is 6.07 Å². The van der Waals surface area contributed by atoms with Crippen LogP contribution in [-0.4, -0.2) is 18.8 Å². The molecule has 0 spiro atoms. The van der Waals surface area contributed by atoms with Crippen molar-refractivity contribution in [2.24, 2.45) is 0 Å². The first-order valence-corrected chi connectivity index (χ1v) is 7.10. The fourth-order valence-corrected chi connectivity index (χ4v) is 2.28. The van der Waals surface area contributed by atoms with Gasteiger partial charge in [-0.05, 0) is 24.8 Å². The van der Waals surface area contributed by atoms with Crippen LogP contribution in [0.2, 0.25) is 0 Å². The van der Waals surface area contributed by atoms with Crippen molar-refractivity contribution < 1.29 is 9.47 Å². The third-order valence-corrected chi connectivity index (χ3v) is 3.57. The number of hydrogen-bond acceptors (Lipinski definition) is 2. The molecule has 0 N–H and O–H groups in total. The van der Waals surface area contributed by atoms with E-state index in [1.54, 1.807) is 0 Å². The molecule has 1 aliphatic rings. The average Bonchev–Trinajstić information content (AvgIpc) is 3.18. The lowest BCUT2D eigenvalue weighted by Crippen LogP contribution is -2.12. The molecule has 0 unspecified atom stereocenters. The monoisotopic (exact) mass is 248 g/mol. The first-order valence-electron chi connectivity index (χ1n) is 7.10. The molecule has 0 radical (unpaired) electrons. The number of epoxide rings is 1. The van der Waals surface area contributed by atoms with E-state index in [1.165, 1.54) is 24.8 Å². The lowest BCUT2D eigenvalue weighted by Gasteiger charge is -2.11.